The summed E-state index contributed by atoms with van der Waals surface area (Å²) >= 11 is 0. The topological polar surface area (TPSA) is 92.0 Å². The van der Waals surface area contributed by atoms with Gasteiger partial charge in [-0.15, -0.1) is 0 Å². The highest BCUT2D eigenvalue weighted by Crippen LogP contribution is 2.12. The third-order valence-corrected chi connectivity index (χ3v) is 2.98. The highest BCUT2D eigenvalue weighted by atomic mass is 16.6. The smallest absolute Gasteiger partial charge is 0.410 e. The van der Waals surface area contributed by atoms with Crippen LogP contribution in [-0.2, 0) is 11.3 Å². The first-order valence-corrected chi connectivity index (χ1v) is 7.61. The molecule has 0 spiro atoms. The number of hydrogen-bond acceptors (Lipinski definition) is 5. The Labute approximate surface area is 136 Å². The van der Waals surface area contributed by atoms with Crippen LogP contribution in [0.2, 0.25) is 0 Å². The monoisotopic (exact) mass is 326 g/mol. The molecule has 0 atom stereocenters. The summed E-state index contributed by atoms with van der Waals surface area (Å²) in [4.78, 5) is 24.5. The van der Waals surface area contributed by atoms with E-state index in [0.29, 0.717) is 25.4 Å². The van der Waals surface area contributed by atoms with Gasteiger partial charge in [-0.3, -0.25) is 0 Å². The lowest BCUT2D eigenvalue weighted by atomic mass is 10.2. The second-order valence-electron chi connectivity index (χ2n) is 6.55. The number of carboxylic acid groups (broad SMARTS) is 1. The number of aromatic carboxylic acids is 1. The number of nitrogens with zero attached hydrogens (tertiary/aromatic N) is 1. The summed E-state index contributed by atoms with van der Waals surface area (Å²) in [6, 6.07) is 1.50. The van der Waals surface area contributed by atoms with Crippen molar-refractivity contribution in [1.29, 1.82) is 0 Å². The Morgan fingerprint density at radius 3 is 2.52 bits per heavy atom. The van der Waals surface area contributed by atoms with Crippen LogP contribution in [0.5, 0.6) is 0 Å². The van der Waals surface area contributed by atoms with Crippen LogP contribution in [0.25, 0.3) is 0 Å². The van der Waals surface area contributed by atoms with Gasteiger partial charge in [0.05, 0.1) is 12.1 Å². The van der Waals surface area contributed by atoms with Gasteiger partial charge in [-0.25, -0.2) is 9.59 Å². The molecule has 0 saturated heterocycles. The molecule has 1 rings (SSSR count). The molecule has 1 aromatic rings. The van der Waals surface area contributed by atoms with E-state index in [-0.39, 0.29) is 17.7 Å². The van der Waals surface area contributed by atoms with Crippen molar-refractivity contribution in [3.05, 3.63) is 23.7 Å². The molecule has 0 bridgehead atoms. The zero-order valence-electron chi connectivity index (χ0n) is 14.4. The van der Waals surface area contributed by atoms with Gasteiger partial charge in [-0.05, 0) is 40.7 Å². The number of furan rings is 1. The highest BCUT2D eigenvalue weighted by molar-refractivity contribution is 5.87. The predicted octanol–water partition coefficient (Wildman–Crippen LogP) is 2.71. The average molecular weight is 326 g/mol. The first-order valence-electron chi connectivity index (χ1n) is 7.61. The maximum atomic E-state index is 12.1. The summed E-state index contributed by atoms with van der Waals surface area (Å²) < 4.78 is 10.5. The Morgan fingerprint density at radius 1 is 1.39 bits per heavy atom. The van der Waals surface area contributed by atoms with E-state index in [4.69, 9.17) is 14.3 Å². The quantitative estimate of drug-likeness (QED) is 0.749. The summed E-state index contributed by atoms with van der Waals surface area (Å²) in [5.41, 5.74) is -0.404. The fourth-order valence-electron chi connectivity index (χ4n) is 1.88. The van der Waals surface area contributed by atoms with Crippen molar-refractivity contribution in [1.82, 2.24) is 10.2 Å². The molecule has 0 saturated carbocycles. The molecule has 130 valence electrons. The zero-order valence-corrected chi connectivity index (χ0v) is 14.4. The van der Waals surface area contributed by atoms with Crippen LogP contribution in [0, 0.1) is 0 Å². The van der Waals surface area contributed by atoms with Gasteiger partial charge < -0.3 is 24.5 Å². The maximum absolute atomic E-state index is 12.1. The van der Waals surface area contributed by atoms with Crippen molar-refractivity contribution in [2.24, 2.45) is 0 Å². The highest BCUT2D eigenvalue weighted by Gasteiger charge is 2.23. The molecule has 7 nitrogen and oxygen atoms in total. The summed E-state index contributed by atoms with van der Waals surface area (Å²) in [5, 5.41) is 11.9. The molecule has 1 aromatic heterocycles. The largest absolute Gasteiger partial charge is 0.478 e. The Kier molecular flexibility index (Phi) is 6.62. The maximum Gasteiger partial charge on any atom is 0.410 e. The first kappa shape index (κ1) is 19.0. The van der Waals surface area contributed by atoms with Crippen LogP contribution < -0.4 is 5.32 Å². The van der Waals surface area contributed by atoms with Crippen LogP contribution in [0.3, 0.4) is 0 Å². The van der Waals surface area contributed by atoms with Crippen LogP contribution in [0.15, 0.2) is 16.7 Å². The van der Waals surface area contributed by atoms with E-state index in [0.717, 1.165) is 0 Å². The van der Waals surface area contributed by atoms with E-state index < -0.39 is 11.6 Å². The van der Waals surface area contributed by atoms with Gasteiger partial charge in [0.1, 0.15) is 17.6 Å². The molecule has 0 fully saturated rings. The molecule has 7 heteroatoms. The fourth-order valence-corrected chi connectivity index (χ4v) is 1.88. The lowest BCUT2D eigenvalue weighted by Gasteiger charge is -2.30. The lowest BCUT2D eigenvalue weighted by Crippen LogP contribution is -2.44. The standard InChI is InChI=1S/C16H26N2O5/c1-11(2)18(15(21)23-16(3,4)5)7-6-17-9-13-8-12(10-22-13)14(19)20/h8,10-11,17H,6-7,9H2,1-5H3,(H,19,20). The number of nitrogens with one attached hydrogen (secondary N) is 1. The molecule has 0 aliphatic rings. The minimum Gasteiger partial charge on any atom is -0.478 e. The molecule has 1 amide bonds. The van der Waals surface area contributed by atoms with Crippen LogP contribution in [0.4, 0.5) is 4.79 Å². The second kappa shape index (κ2) is 8.01. The third kappa shape index (κ3) is 6.73. The summed E-state index contributed by atoms with van der Waals surface area (Å²) in [5.74, 6) is -0.480. The number of carbonyl (C=O) groups is 2. The third-order valence-electron chi connectivity index (χ3n) is 2.98. The number of ether oxygens (including phenoxy) is 1. The van der Waals surface area contributed by atoms with Crippen LogP contribution in [-0.4, -0.2) is 46.8 Å². The number of hydrogen-bond donors (Lipinski definition) is 2. The Hall–Kier alpha value is -2.02. The first-order chi connectivity index (χ1) is 10.6. The number of carbonyl (C=O) groups excluding carboxylic acids is 1. The lowest BCUT2D eigenvalue weighted by molar-refractivity contribution is 0.0193. The zero-order chi connectivity index (χ0) is 17.6. The molecule has 0 unspecified atom stereocenters. The van der Waals surface area contributed by atoms with Gasteiger partial charge in [-0.2, -0.15) is 0 Å². The second-order valence-corrected chi connectivity index (χ2v) is 6.55. The predicted molar refractivity (Wildman–Crippen MR) is 85.5 cm³/mol. The normalized spacial score (nSPS) is 11.6. The van der Waals surface area contributed by atoms with Crippen molar-refractivity contribution < 1.29 is 23.8 Å². The van der Waals surface area contributed by atoms with E-state index in [1.54, 1.807) is 4.90 Å². The van der Waals surface area contributed by atoms with E-state index in [1.165, 1.54) is 12.3 Å². The van der Waals surface area contributed by atoms with Crippen molar-refractivity contribution >= 4 is 12.1 Å². The van der Waals surface area contributed by atoms with Crippen molar-refractivity contribution in [2.75, 3.05) is 13.1 Å². The van der Waals surface area contributed by atoms with E-state index >= 15 is 0 Å². The van der Waals surface area contributed by atoms with Crippen LogP contribution in [0.1, 0.15) is 50.7 Å². The Morgan fingerprint density at radius 2 is 2.04 bits per heavy atom. The molecule has 0 aliphatic heterocycles. The Bertz CT molecular complexity index is 531. The molecule has 0 radical (unpaired) electrons. The Balaban J connectivity index is 2.43. The van der Waals surface area contributed by atoms with E-state index in [9.17, 15) is 9.59 Å². The van der Waals surface area contributed by atoms with Gasteiger partial charge in [0, 0.05) is 19.1 Å². The van der Waals surface area contributed by atoms with Crippen molar-refractivity contribution in [3.8, 4) is 0 Å². The molecule has 23 heavy (non-hydrogen) atoms. The number of amides is 1. The molecule has 0 aromatic carbocycles. The van der Waals surface area contributed by atoms with Gasteiger partial charge in [0.15, 0.2) is 0 Å². The minimum absolute atomic E-state index is 0.0221. The minimum atomic E-state index is -1.02. The summed E-state index contributed by atoms with van der Waals surface area (Å²) in [6.45, 7) is 10.8. The van der Waals surface area contributed by atoms with Crippen molar-refractivity contribution in [3.63, 3.8) is 0 Å². The molecular formula is C16H26N2O5. The number of rotatable bonds is 7. The van der Waals surface area contributed by atoms with Gasteiger partial charge in [-0.1, -0.05) is 0 Å². The summed E-state index contributed by atoms with van der Waals surface area (Å²) in [7, 11) is 0. The van der Waals surface area contributed by atoms with E-state index in [2.05, 4.69) is 5.32 Å². The van der Waals surface area contributed by atoms with Gasteiger partial charge in [0.2, 0.25) is 0 Å². The van der Waals surface area contributed by atoms with Gasteiger partial charge in [0.25, 0.3) is 0 Å². The van der Waals surface area contributed by atoms with Gasteiger partial charge >= 0.3 is 12.1 Å². The van der Waals surface area contributed by atoms with Crippen molar-refractivity contribution in [2.45, 2.75) is 52.8 Å². The molecular weight excluding hydrogens is 300 g/mol. The van der Waals surface area contributed by atoms with E-state index in [1.807, 2.05) is 34.6 Å². The average Bonchev–Trinajstić information content (AvgIpc) is 2.84. The molecule has 0 aliphatic carbocycles. The number of carboxylic acids is 1. The summed E-state index contributed by atoms with van der Waals surface area (Å²) in [6.07, 6.45) is 0.862. The molecule has 1 heterocycles. The molecule has 2 N–H and O–H groups in total. The fraction of sp³-hybridized carbons (Fsp3) is 0.625. The van der Waals surface area contributed by atoms with Crippen LogP contribution >= 0.6 is 0 Å². The SMILES string of the molecule is CC(C)N(CCNCc1cc(C(=O)O)co1)C(=O)OC(C)(C)C.